The Labute approximate surface area is 96.0 Å². The number of likely N-dealkylation sites (tertiary alicyclic amines) is 1. The van der Waals surface area contributed by atoms with Gasteiger partial charge in [0.15, 0.2) is 6.29 Å². The summed E-state index contributed by atoms with van der Waals surface area (Å²) < 4.78 is 0. The van der Waals surface area contributed by atoms with Crippen LogP contribution in [0.4, 0.5) is 0 Å². The second kappa shape index (κ2) is 5.25. The van der Waals surface area contributed by atoms with Crippen LogP contribution < -0.4 is 0 Å². The molecule has 0 saturated carbocycles. The largest absolute Gasteiger partial charge is 0.303 e. The molecule has 1 aromatic heterocycles. The Morgan fingerprint density at radius 1 is 1.69 bits per heavy atom. The number of aromatic amines is 1. The van der Waals surface area contributed by atoms with Crippen LogP contribution in [0.25, 0.3) is 0 Å². The van der Waals surface area contributed by atoms with E-state index in [0.29, 0.717) is 11.6 Å². The van der Waals surface area contributed by atoms with E-state index in [-0.39, 0.29) is 0 Å². The molecule has 0 bridgehead atoms. The number of hydrogen-bond donors (Lipinski definition) is 1. The van der Waals surface area contributed by atoms with Crippen molar-refractivity contribution in [2.24, 2.45) is 5.92 Å². The summed E-state index contributed by atoms with van der Waals surface area (Å²) in [5, 5.41) is 6.87. The maximum Gasteiger partial charge on any atom is 0.170 e. The number of H-pyrrole nitrogens is 1. The zero-order valence-electron chi connectivity index (χ0n) is 9.78. The zero-order chi connectivity index (χ0) is 11.4. The van der Waals surface area contributed by atoms with Gasteiger partial charge in [-0.2, -0.15) is 5.10 Å². The first-order valence-electron chi connectivity index (χ1n) is 6.03. The maximum absolute atomic E-state index is 10.5. The lowest BCUT2D eigenvalue weighted by molar-refractivity contribution is 0.111. The van der Waals surface area contributed by atoms with Crippen LogP contribution in [0.3, 0.4) is 0 Å². The topological polar surface area (TPSA) is 49.0 Å². The van der Waals surface area contributed by atoms with Crippen molar-refractivity contribution in [2.45, 2.75) is 26.2 Å². The van der Waals surface area contributed by atoms with Crippen molar-refractivity contribution in [3.63, 3.8) is 0 Å². The number of nitrogens with one attached hydrogen (secondary N) is 1. The van der Waals surface area contributed by atoms with Gasteiger partial charge in [-0.1, -0.05) is 6.92 Å². The van der Waals surface area contributed by atoms with Crippen molar-refractivity contribution < 1.29 is 4.79 Å². The molecule has 4 heteroatoms. The van der Waals surface area contributed by atoms with Crippen LogP contribution in [0.2, 0.25) is 0 Å². The lowest BCUT2D eigenvalue weighted by Gasteiger charge is -2.31. The van der Waals surface area contributed by atoms with Crippen LogP contribution in [-0.2, 0) is 6.42 Å². The first-order chi connectivity index (χ1) is 7.81. The molecule has 0 amide bonds. The summed E-state index contributed by atoms with van der Waals surface area (Å²) in [5.74, 6) is 0.702. The van der Waals surface area contributed by atoms with Crippen LogP contribution in [0.1, 0.15) is 35.9 Å². The highest BCUT2D eigenvalue weighted by Gasteiger charge is 2.19. The van der Waals surface area contributed by atoms with E-state index in [9.17, 15) is 4.79 Å². The second-order valence-electron chi connectivity index (χ2n) is 4.54. The van der Waals surface area contributed by atoms with Gasteiger partial charge in [-0.05, 0) is 44.3 Å². The fraction of sp³-hybridized carbons (Fsp3) is 0.667. The summed E-state index contributed by atoms with van der Waals surface area (Å²) >= 11 is 0. The number of aromatic nitrogens is 2. The third-order valence-electron chi connectivity index (χ3n) is 3.33. The van der Waals surface area contributed by atoms with E-state index in [1.165, 1.54) is 25.9 Å². The Morgan fingerprint density at radius 3 is 3.25 bits per heavy atom. The van der Waals surface area contributed by atoms with Gasteiger partial charge in [0.05, 0.1) is 0 Å². The third kappa shape index (κ3) is 2.70. The Bertz CT molecular complexity index is 348. The van der Waals surface area contributed by atoms with Gasteiger partial charge in [-0.3, -0.25) is 9.89 Å². The van der Waals surface area contributed by atoms with Gasteiger partial charge in [-0.15, -0.1) is 0 Å². The number of piperidine rings is 1. The van der Waals surface area contributed by atoms with E-state index in [1.54, 1.807) is 0 Å². The average molecular weight is 221 g/mol. The smallest absolute Gasteiger partial charge is 0.170 e. The average Bonchev–Trinajstić information content (AvgIpc) is 2.77. The molecule has 0 aliphatic carbocycles. The lowest BCUT2D eigenvalue weighted by Crippen LogP contribution is -2.35. The monoisotopic (exact) mass is 221 g/mol. The Kier molecular flexibility index (Phi) is 3.72. The summed E-state index contributed by atoms with van der Waals surface area (Å²) in [6.07, 6.45) is 4.37. The predicted octanol–water partition coefficient (Wildman–Crippen LogP) is 1.50. The van der Waals surface area contributed by atoms with Gasteiger partial charge in [-0.25, -0.2) is 0 Å². The maximum atomic E-state index is 10.5. The highest BCUT2D eigenvalue weighted by Crippen LogP contribution is 2.19. The summed E-state index contributed by atoms with van der Waals surface area (Å²) in [6.45, 7) is 5.75. The Morgan fingerprint density at radius 2 is 2.56 bits per heavy atom. The van der Waals surface area contributed by atoms with Crippen LogP contribution in [0.15, 0.2) is 6.07 Å². The number of hydrogen-bond acceptors (Lipinski definition) is 3. The van der Waals surface area contributed by atoms with Crippen molar-refractivity contribution in [1.82, 2.24) is 15.1 Å². The minimum absolute atomic E-state index is 0.512. The molecule has 4 nitrogen and oxygen atoms in total. The molecule has 0 spiro atoms. The highest BCUT2D eigenvalue weighted by molar-refractivity contribution is 5.71. The first kappa shape index (κ1) is 11.3. The molecule has 1 aliphatic heterocycles. The SMILES string of the molecule is CCN1CCCC(Cc2cc(C=O)n[nH]2)C1. The van der Waals surface area contributed by atoms with Crippen molar-refractivity contribution in [3.05, 3.63) is 17.5 Å². The molecule has 16 heavy (non-hydrogen) atoms. The van der Waals surface area contributed by atoms with Crippen molar-refractivity contribution in [3.8, 4) is 0 Å². The van der Waals surface area contributed by atoms with E-state index in [2.05, 4.69) is 22.0 Å². The molecule has 88 valence electrons. The fourth-order valence-electron chi connectivity index (χ4n) is 2.46. The van der Waals surface area contributed by atoms with Crippen LogP contribution in [-0.4, -0.2) is 41.0 Å². The van der Waals surface area contributed by atoms with Gasteiger partial charge in [0.25, 0.3) is 0 Å². The van der Waals surface area contributed by atoms with Crippen molar-refractivity contribution >= 4 is 6.29 Å². The molecule has 2 rings (SSSR count). The molecule has 1 atom stereocenters. The van der Waals surface area contributed by atoms with E-state index in [4.69, 9.17) is 0 Å². The van der Waals surface area contributed by atoms with E-state index in [0.717, 1.165) is 24.9 Å². The molecule has 1 fully saturated rings. The van der Waals surface area contributed by atoms with Crippen LogP contribution >= 0.6 is 0 Å². The van der Waals surface area contributed by atoms with Gasteiger partial charge >= 0.3 is 0 Å². The molecule has 1 saturated heterocycles. The number of carbonyl (C=O) groups is 1. The minimum atomic E-state index is 0.512. The molecule has 0 aromatic carbocycles. The minimum Gasteiger partial charge on any atom is -0.303 e. The highest BCUT2D eigenvalue weighted by atomic mass is 16.1. The molecule has 1 aromatic rings. The zero-order valence-corrected chi connectivity index (χ0v) is 9.78. The van der Waals surface area contributed by atoms with Crippen molar-refractivity contribution in [1.29, 1.82) is 0 Å². The molecule has 1 unspecified atom stereocenters. The molecule has 0 radical (unpaired) electrons. The quantitative estimate of drug-likeness (QED) is 0.784. The fourth-order valence-corrected chi connectivity index (χ4v) is 2.46. The molecule has 1 aliphatic rings. The number of aldehydes is 1. The van der Waals surface area contributed by atoms with Crippen molar-refractivity contribution in [2.75, 3.05) is 19.6 Å². The Balaban J connectivity index is 1.91. The summed E-state index contributed by atoms with van der Waals surface area (Å²) in [7, 11) is 0. The summed E-state index contributed by atoms with van der Waals surface area (Å²) in [6, 6.07) is 1.86. The summed E-state index contributed by atoms with van der Waals surface area (Å²) in [4.78, 5) is 13.0. The number of nitrogens with zero attached hydrogens (tertiary/aromatic N) is 2. The van der Waals surface area contributed by atoms with Gasteiger partial charge in [0.1, 0.15) is 5.69 Å². The first-order valence-corrected chi connectivity index (χ1v) is 6.03. The lowest BCUT2D eigenvalue weighted by atomic mass is 9.93. The third-order valence-corrected chi connectivity index (χ3v) is 3.33. The molecule has 2 heterocycles. The van der Waals surface area contributed by atoms with Gasteiger partial charge < -0.3 is 4.90 Å². The standard InChI is InChI=1S/C12H19N3O/c1-2-15-5-3-4-10(8-15)6-11-7-12(9-16)14-13-11/h7,9-10H,2-6,8H2,1H3,(H,13,14). The normalized spacial score (nSPS) is 22.2. The molecular weight excluding hydrogens is 202 g/mol. The van der Waals surface area contributed by atoms with Gasteiger partial charge in [0, 0.05) is 12.2 Å². The van der Waals surface area contributed by atoms with E-state index < -0.39 is 0 Å². The molecule has 1 N–H and O–H groups in total. The molecular formula is C12H19N3O. The van der Waals surface area contributed by atoms with E-state index in [1.807, 2.05) is 6.07 Å². The number of carbonyl (C=O) groups excluding carboxylic acids is 1. The van der Waals surface area contributed by atoms with Gasteiger partial charge in [0.2, 0.25) is 0 Å². The van der Waals surface area contributed by atoms with Crippen LogP contribution in [0, 0.1) is 5.92 Å². The van der Waals surface area contributed by atoms with Crippen LogP contribution in [0.5, 0.6) is 0 Å². The second-order valence-corrected chi connectivity index (χ2v) is 4.54. The number of rotatable bonds is 4. The van der Waals surface area contributed by atoms with E-state index >= 15 is 0 Å². The Hall–Kier alpha value is -1.16. The summed E-state index contributed by atoms with van der Waals surface area (Å²) in [5.41, 5.74) is 1.60. The predicted molar refractivity (Wildman–Crippen MR) is 62.5 cm³/mol.